The van der Waals surface area contributed by atoms with Crippen molar-refractivity contribution < 1.29 is 0 Å². The predicted octanol–water partition coefficient (Wildman–Crippen LogP) is 1.38. The second-order valence-electron chi connectivity index (χ2n) is 2.84. The third kappa shape index (κ3) is 1.04. The Balaban J connectivity index is 2.09. The van der Waals surface area contributed by atoms with Crippen molar-refractivity contribution in [2.75, 3.05) is 0 Å². The molecular formula is C6H10N2S2. The summed E-state index contributed by atoms with van der Waals surface area (Å²) in [5.41, 5.74) is 6.25. The fourth-order valence-corrected chi connectivity index (χ4v) is 3.15. The van der Waals surface area contributed by atoms with Crippen LogP contribution in [0.25, 0.3) is 0 Å². The van der Waals surface area contributed by atoms with E-state index in [0.29, 0.717) is 0 Å². The van der Waals surface area contributed by atoms with Gasteiger partial charge in [-0.25, -0.2) is 5.43 Å². The Morgan fingerprint density at radius 3 is 2.60 bits per heavy atom. The average molecular weight is 174 g/mol. The number of thioether (sulfide) groups is 1. The Labute approximate surface area is 70.1 Å². The maximum atomic E-state index is 5.02. The van der Waals surface area contributed by atoms with E-state index in [1.54, 1.807) is 11.8 Å². The van der Waals surface area contributed by atoms with Gasteiger partial charge in [0.25, 0.3) is 0 Å². The van der Waals surface area contributed by atoms with Gasteiger partial charge in [-0.1, -0.05) is 36.8 Å². The van der Waals surface area contributed by atoms with Crippen molar-refractivity contribution in [3.63, 3.8) is 0 Å². The number of hydrazine groups is 1. The molecule has 10 heavy (non-hydrogen) atoms. The summed E-state index contributed by atoms with van der Waals surface area (Å²) in [6.45, 7) is 0. The molecule has 0 bridgehead atoms. The SMILES string of the molecule is S=C1NNC2(CCCC2)S1. The molecule has 1 aliphatic heterocycles. The summed E-state index contributed by atoms with van der Waals surface area (Å²) >= 11 is 6.80. The van der Waals surface area contributed by atoms with Crippen LogP contribution in [0.3, 0.4) is 0 Å². The lowest BCUT2D eigenvalue weighted by molar-refractivity contribution is 0.473. The van der Waals surface area contributed by atoms with E-state index in [0.717, 1.165) is 4.32 Å². The molecule has 0 amide bonds. The van der Waals surface area contributed by atoms with Crippen LogP contribution >= 0.6 is 24.0 Å². The van der Waals surface area contributed by atoms with Crippen LogP contribution in [0.15, 0.2) is 0 Å². The van der Waals surface area contributed by atoms with E-state index in [1.807, 2.05) is 0 Å². The molecule has 2 nitrogen and oxygen atoms in total. The third-order valence-corrected chi connectivity index (χ3v) is 3.63. The second-order valence-corrected chi connectivity index (χ2v) is 4.90. The predicted molar refractivity (Wildman–Crippen MR) is 47.7 cm³/mol. The maximum Gasteiger partial charge on any atom is 0.149 e. The van der Waals surface area contributed by atoms with Gasteiger partial charge >= 0.3 is 0 Å². The molecule has 1 aliphatic carbocycles. The van der Waals surface area contributed by atoms with Crippen molar-refractivity contribution in [2.45, 2.75) is 30.6 Å². The van der Waals surface area contributed by atoms with E-state index in [1.165, 1.54) is 25.7 Å². The number of hydrogen-bond acceptors (Lipinski definition) is 3. The summed E-state index contributed by atoms with van der Waals surface area (Å²) in [5, 5.41) is 0. The van der Waals surface area contributed by atoms with E-state index in [-0.39, 0.29) is 4.87 Å². The van der Waals surface area contributed by atoms with Gasteiger partial charge in [0.1, 0.15) is 4.32 Å². The monoisotopic (exact) mass is 174 g/mol. The topological polar surface area (TPSA) is 24.1 Å². The fraction of sp³-hybridized carbons (Fsp3) is 0.833. The summed E-state index contributed by atoms with van der Waals surface area (Å²) in [6.07, 6.45) is 5.18. The normalized spacial score (nSPS) is 29.4. The van der Waals surface area contributed by atoms with E-state index in [2.05, 4.69) is 10.9 Å². The van der Waals surface area contributed by atoms with Gasteiger partial charge in [-0.15, -0.1) is 0 Å². The first-order valence-electron chi connectivity index (χ1n) is 3.57. The van der Waals surface area contributed by atoms with Gasteiger partial charge in [0.2, 0.25) is 0 Å². The molecule has 0 aromatic rings. The second kappa shape index (κ2) is 2.36. The Bertz CT molecular complexity index is 163. The highest BCUT2D eigenvalue weighted by atomic mass is 32.2. The fourth-order valence-electron chi connectivity index (χ4n) is 1.57. The lowest BCUT2D eigenvalue weighted by Gasteiger charge is -2.18. The van der Waals surface area contributed by atoms with Crippen LogP contribution in [0, 0.1) is 0 Å². The van der Waals surface area contributed by atoms with Gasteiger partial charge < -0.3 is 5.43 Å². The largest absolute Gasteiger partial charge is 0.305 e. The van der Waals surface area contributed by atoms with Gasteiger partial charge in [-0.3, -0.25) is 0 Å². The number of rotatable bonds is 0. The molecule has 0 radical (unpaired) electrons. The Morgan fingerprint density at radius 1 is 1.40 bits per heavy atom. The zero-order chi connectivity index (χ0) is 7.03. The Kier molecular flexibility index (Phi) is 1.62. The van der Waals surface area contributed by atoms with E-state index >= 15 is 0 Å². The first-order chi connectivity index (χ1) is 4.81. The van der Waals surface area contributed by atoms with Crippen LogP contribution in [-0.2, 0) is 0 Å². The minimum atomic E-state index is 0.275. The smallest absolute Gasteiger partial charge is 0.149 e. The molecule has 0 atom stereocenters. The zero-order valence-electron chi connectivity index (χ0n) is 5.64. The Hall–Kier alpha value is 0.200. The number of nitrogens with one attached hydrogen (secondary N) is 2. The highest BCUT2D eigenvalue weighted by molar-refractivity contribution is 8.24. The molecule has 1 heterocycles. The highest BCUT2D eigenvalue weighted by Gasteiger charge is 2.39. The van der Waals surface area contributed by atoms with Crippen LogP contribution in [0.1, 0.15) is 25.7 Å². The van der Waals surface area contributed by atoms with Crippen LogP contribution in [-0.4, -0.2) is 9.19 Å². The third-order valence-electron chi connectivity index (χ3n) is 2.09. The van der Waals surface area contributed by atoms with Crippen LogP contribution < -0.4 is 10.9 Å². The average Bonchev–Trinajstić information content (AvgIpc) is 2.46. The van der Waals surface area contributed by atoms with Gasteiger partial charge in [0.15, 0.2) is 0 Å². The van der Waals surface area contributed by atoms with Gasteiger partial charge in [0.05, 0.1) is 4.87 Å². The highest BCUT2D eigenvalue weighted by Crippen LogP contribution is 2.41. The first kappa shape index (κ1) is 6.88. The Morgan fingerprint density at radius 2 is 2.10 bits per heavy atom. The molecule has 4 heteroatoms. The van der Waals surface area contributed by atoms with Gasteiger partial charge in [-0.2, -0.15) is 0 Å². The summed E-state index contributed by atoms with van der Waals surface area (Å²) in [4.78, 5) is 0.275. The van der Waals surface area contributed by atoms with E-state index in [4.69, 9.17) is 12.2 Å². The minimum Gasteiger partial charge on any atom is -0.305 e. The lowest BCUT2D eigenvalue weighted by atomic mass is 10.3. The zero-order valence-corrected chi connectivity index (χ0v) is 7.28. The summed E-state index contributed by atoms with van der Waals surface area (Å²) in [6, 6.07) is 0. The molecule has 1 saturated carbocycles. The van der Waals surface area contributed by atoms with Gasteiger partial charge in [-0.05, 0) is 12.8 Å². The molecule has 0 unspecified atom stereocenters. The van der Waals surface area contributed by atoms with Crippen molar-refractivity contribution >= 4 is 28.3 Å². The minimum absolute atomic E-state index is 0.275. The molecule has 2 rings (SSSR count). The van der Waals surface area contributed by atoms with E-state index < -0.39 is 0 Å². The molecule has 2 aliphatic rings. The molecule has 1 spiro atoms. The lowest BCUT2D eigenvalue weighted by Crippen LogP contribution is -2.40. The molecular weight excluding hydrogens is 164 g/mol. The maximum absolute atomic E-state index is 5.02. The summed E-state index contributed by atoms with van der Waals surface area (Å²) < 4.78 is 0.905. The first-order valence-corrected chi connectivity index (χ1v) is 4.79. The molecule has 0 aromatic heterocycles. The summed E-state index contributed by atoms with van der Waals surface area (Å²) in [7, 11) is 0. The number of hydrogen-bond donors (Lipinski definition) is 2. The summed E-state index contributed by atoms with van der Waals surface area (Å²) in [5.74, 6) is 0. The van der Waals surface area contributed by atoms with Gasteiger partial charge in [0, 0.05) is 0 Å². The molecule has 2 N–H and O–H groups in total. The van der Waals surface area contributed by atoms with Crippen molar-refractivity contribution in [1.82, 2.24) is 10.9 Å². The van der Waals surface area contributed by atoms with Crippen LogP contribution in [0.4, 0.5) is 0 Å². The van der Waals surface area contributed by atoms with Crippen LogP contribution in [0.2, 0.25) is 0 Å². The van der Waals surface area contributed by atoms with Crippen molar-refractivity contribution in [3.05, 3.63) is 0 Å². The molecule has 2 fully saturated rings. The molecule has 56 valence electrons. The van der Waals surface area contributed by atoms with Crippen molar-refractivity contribution in [1.29, 1.82) is 0 Å². The standard InChI is InChI=1S/C6H10N2S2/c9-5-7-8-6(10-5)3-1-2-4-6/h8H,1-4H2,(H,7,9). The quantitative estimate of drug-likeness (QED) is 0.542. The molecule has 1 saturated heterocycles. The number of thiocarbonyl (C=S) groups is 1. The molecule has 0 aromatic carbocycles. The van der Waals surface area contributed by atoms with Crippen LogP contribution in [0.5, 0.6) is 0 Å². The van der Waals surface area contributed by atoms with Crippen molar-refractivity contribution in [3.8, 4) is 0 Å². The van der Waals surface area contributed by atoms with Crippen molar-refractivity contribution in [2.24, 2.45) is 0 Å². The van der Waals surface area contributed by atoms with E-state index in [9.17, 15) is 0 Å².